The molecule has 0 aliphatic rings. The van der Waals surface area contributed by atoms with Crippen LogP contribution >= 0.6 is 11.8 Å². The van der Waals surface area contributed by atoms with Gasteiger partial charge in [-0.05, 0) is 6.26 Å². The second kappa shape index (κ2) is 5.34. The third kappa shape index (κ3) is 3.52. The second-order valence-electron chi connectivity index (χ2n) is 4.51. The second-order valence-corrected chi connectivity index (χ2v) is 5.49. The number of rotatable bonds is 4. The van der Waals surface area contributed by atoms with E-state index >= 15 is 0 Å². The van der Waals surface area contributed by atoms with Crippen molar-refractivity contribution in [3.63, 3.8) is 0 Å². The van der Waals surface area contributed by atoms with Crippen LogP contribution in [0.15, 0.2) is 0 Å². The van der Waals surface area contributed by atoms with Gasteiger partial charge >= 0.3 is 0 Å². The number of H-pyrrole nitrogens is 1. The van der Waals surface area contributed by atoms with Gasteiger partial charge in [0.05, 0.1) is 0 Å². The Hall–Kier alpha value is -1.04. The molecule has 0 unspecified atom stereocenters. The molecule has 0 spiro atoms. The minimum atomic E-state index is -0.221. The lowest BCUT2D eigenvalue weighted by molar-refractivity contribution is 0.0946. The largest absolute Gasteiger partial charge is 0.348 e. The molecule has 1 aromatic heterocycles. The number of aromatic nitrogens is 3. The van der Waals surface area contributed by atoms with Crippen molar-refractivity contribution in [1.82, 2.24) is 20.5 Å². The van der Waals surface area contributed by atoms with Gasteiger partial charge in [0.25, 0.3) is 5.91 Å². The zero-order valence-electron chi connectivity index (χ0n) is 10.1. The Kier molecular flexibility index (Phi) is 4.35. The molecule has 0 fully saturated rings. The van der Waals surface area contributed by atoms with E-state index in [-0.39, 0.29) is 17.1 Å². The first-order valence-corrected chi connectivity index (χ1v) is 6.54. The molecular formula is C10H18N4OS. The van der Waals surface area contributed by atoms with Gasteiger partial charge in [0, 0.05) is 17.7 Å². The molecule has 0 aromatic carbocycles. The van der Waals surface area contributed by atoms with Crippen LogP contribution in [0.2, 0.25) is 0 Å². The first-order chi connectivity index (χ1) is 7.45. The summed E-state index contributed by atoms with van der Waals surface area (Å²) in [6, 6.07) is 0. The summed E-state index contributed by atoms with van der Waals surface area (Å²) in [6.07, 6.45) is 2.00. The SMILES string of the molecule is CSCCNC(=O)c1n[nH]c(C(C)(C)C)n1. The number of carbonyl (C=O) groups excluding carboxylic acids is 1. The molecule has 1 rings (SSSR count). The van der Waals surface area contributed by atoms with E-state index in [2.05, 4.69) is 20.5 Å². The molecule has 1 amide bonds. The van der Waals surface area contributed by atoms with Gasteiger partial charge in [0.15, 0.2) is 0 Å². The summed E-state index contributed by atoms with van der Waals surface area (Å²) in [5.41, 5.74) is -0.120. The van der Waals surface area contributed by atoms with Gasteiger partial charge in [-0.3, -0.25) is 9.89 Å². The van der Waals surface area contributed by atoms with Crippen LogP contribution in [0.3, 0.4) is 0 Å². The van der Waals surface area contributed by atoms with Crippen LogP contribution in [0.1, 0.15) is 37.2 Å². The molecule has 1 heterocycles. The van der Waals surface area contributed by atoms with Gasteiger partial charge in [-0.2, -0.15) is 11.8 Å². The van der Waals surface area contributed by atoms with Crippen LogP contribution in [0, 0.1) is 0 Å². The molecule has 0 saturated carbocycles. The zero-order chi connectivity index (χ0) is 12.2. The molecule has 2 N–H and O–H groups in total. The van der Waals surface area contributed by atoms with Crippen LogP contribution in [0.5, 0.6) is 0 Å². The molecule has 0 atom stereocenters. The average molecular weight is 242 g/mol. The van der Waals surface area contributed by atoms with Crippen molar-refractivity contribution in [2.45, 2.75) is 26.2 Å². The molecule has 16 heavy (non-hydrogen) atoms. The maximum absolute atomic E-state index is 11.6. The highest BCUT2D eigenvalue weighted by molar-refractivity contribution is 7.98. The quantitative estimate of drug-likeness (QED) is 0.778. The van der Waals surface area contributed by atoms with Gasteiger partial charge in [-0.15, -0.1) is 5.10 Å². The number of hydrogen-bond acceptors (Lipinski definition) is 4. The lowest BCUT2D eigenvalue weighted by Crippen LogP contribution is -2.27. The number of aromatic amines is 1. The highest BCUT2D eigenvalue weighted by atomic mass is 32.2. The summed E-state index contributed by atoms with van der Waals surface area (Å²) in [4.78, 5) is 15.8. The number of thioether (sulfide) groups is 1. The maximum Gasteiger partial charge on any atom is 0.290 e. The number of hydrogen-bond donors (Lipinski definition) is 2. The average Bonchev–Trinajstić information content (AvgIpc) is 2.66. The molecule has 0 aliphatic carbocycles. The summed E-state index contributed by atoms with van der Waals surface area (Å²) in [5.74, 6) is 1.61. The Morgan fingerprint density at radius 1 is 1.50 bits per heavy atom. The van der Waals surface area contributed by atoms with Crippen molar-refractivity contribution in [1.29, 1.82) is 0 Å². The van der Waals surface area contributed by atoms with E-state index in [1.165, 1.54) is 0 Å². The predicted octanol–water partition coefficient (Wildman–Crippen LogP) is 1.20. The van der Waals surface area contributed by atoms with E-state index in [1.54, 1.807) is 11.8 Å². The van der Waals surface area contributed by atoms with Crippen molar-refractivity contribution in [2.24, 2.45) is 0 Å². The fourth-order valence-electron chi connectivity index (χ4n) is 1.04. The summed E-state index contributed by atoms with van der Waals surface area (Å²) in [7, 11) is 0. The summed E-state index contributed by atoms with van der Waals surface area (Å²) in [5, 5.41) is 9.46. The van der Waals surface area contributed by atoms with Gasteiger partial charge in [-0.25, -0.2) is 4.98 Å². The topological polar surface area (TPSA) is 70.7 Å². The first-order valence-electron chi connectivity index (χ1n) is 5.15. The van der Waals surface area contributed by atoms with E-state index in [0.29, 0.717) is 6.54 Å². The molecule has 90 valence electrons. The Bertz CT molecular complexity index is 356. The molecule has 1 aromatic rings. The minimum Gasteiger partial charge on any atom is -0.348 e. The molecule has 0 saturated heterocycles. The minimum absolute atomic E-state index is 0.120. The fraction of sp³-hybridized carbons (Fsp3) is 0.700. The third-order valence-electron chi connectivity index (χ3n) is 1.99. The monoisotopic (exact) mass is 242 g/mol. The van der Waals surface area contributed by atoms with Crippen molar-refractivity contribution >= 4 is 17.7 Å². The van der Waals surface area contributed by atoms with Crippen LogP contribution in [0.25, 0.3) is 0 Å². The van der Waals surface area contributed by atoms with Crippen LogP contribution < -0.4 is 5.32 Å². The van der Waals surface area contributed by atoms with Gasteiger partial charge in [0.1, 0.15) is 5.82 Å². The Morgan fingerprint density at radius 3 is 2.69 bits per heavy atom. The van der Waals surface area contributed by atoms with E-state index in [9.17, 15) is 4.79 Å². The maximum atomic E-state index is 11.6. The standard InChI is InChI=1S/C10H18N4OS/c1-10(2,3)9-12-7(13-14-9)8(15)11-5-6-16-4/h5-6H2,1-4H3,(H,11,15)(H,12,13,14). The summed E-state index contributed by atoms with van der Waals surface area (Å²) in [6.45, 7) is 6.69. The smallest absolute Gasteiger partial charge is 0.290 e. The van der Waals surface area contributed by atoms with Crippen LogP contribution in [0.4, 0.5) is 0 Å². The lowest BCUT2D eigenvalue weighted by Gasteiger charge is -2.12. The Morgan fingerprint density at radius 2 is 2.19 bits per heavy atom. The molecule has 0 radical (unpaired) electrons. The first kappa shape index (κ1) is 13.0. The van der Waals surface area contributed by atoms with Gasteiger partial charge in [-0.1, -0.05) is 20.8 Å². The van der Waals surface area contributed by atoms with Crippen LogP contribution in [-0.4, -0.2) is 39.6 Å². The number of carbonyl (C=O) groups is 1. The molecule has 5 nitrogen and oxygen atoms in total. The lowest BCUT2D eigenvalue weighted by atomic mass is 9.96. The van der Waals surface area contributed by atoms with Crippen molar-refractivity contribution in [3.8, 4) is 0 Å². The predicted molar refractivity (Wildman–Crippen MR) is 65.8 cm³/mol. The zero-order valence-corrected chi connectivity index (χ0v) is 10.9. The Balaban J connectivity index is 2.60. The molecule has 0 aliphatic heterocycles. The molecular weight excluding hydrogens is 224 g/mol. The van der Waals surface area contributed by atoms with Crippen LogP contribution in [-0.2, 0) is 5.41 Å². The molecule has 0 bridgehead atoms. The number of nitrogens with zero attached hydrogens (tertiary/aromatic N) is 2. The van der Waals surface area contributed by atoms with E-state index < -0.39 is 0 Å². The highest BCUT2D eigenvalue weighted by Gasteiger charge is 2.20. The Labute approximate surface area is 99.8 Å². The number of nitrogens with one attached hydrogen (secondary N) is 2. The van der Waals surface area contributed by atoms with Crippen molar-refractivity contribution < 1.29 is 4.79 Å². The van der Waals surface area contributed by atoms with E-state index in [0.717, 1.165) is 11.6 Å². The van der Waals surface area contributed by atoms with Gasteiger partial charge in [0.2, 0.25) is 5.82 Å². The van der Waals surface area contributed by atoms with E-state index in [4.69, 9.17) is 0 Å². The van der Waals surface area contributed by atoms with E-state index in [1.807, 2.05) is 27.0 Å². The van der Waals surface area contributed by atoms with Crippen molar-refractivity contribution in [3.05, 3.63) is 11.6 Å². The third-order valence-corrected chi connectivity index (χ3v) is 2.60. The van der Waals surface area contributed by atoms with Gasteiger partial charge < -0.3 is 5.32 Å². The highest BCUT2D eigenvalue weighted by Crippen LogP contribution is 2.17. The summed E-state index contributed by atoms with van der Waals surface area (Å²) >= 11 is 1.68. The molecule has 6 heteroatoms. The fourth-order valence-corrected chi connectivity index (χ4v) is 1.35. The normalized spacial score (nSPS) is 11.5. The van der Waals surface area contributed by atoms with Crippen molar-refractivity contribution in [2.75, 3.05) is 18.6 Å². The summed E-state index contributed by atoms with van der Waals surface area (Å²) < 4.78 is 0. The number of amides is 1.